The van der Waals surface area contributed by atoms with Crippen LogP contribution in [-0.2, 0) is 0 Å². The fourth-order valence-electron chi connectivity index (χ4n) is 2.52. The van der Waals surface area contributed by atoms with Gasteiger partial charge in [-0.25, -0.2) is 0 Å². The largest absolute Gasteiger partial charge is 0.0729 e. The predicted molar refractivity (Wildman–Crippen MR) is 66.4 cm³/mol. The lowest BCUT2D eigenvalue weighted by molar-refractivity contribution is 0.323. The molecule has 0 aromatic carbocycles. The molecule has 0 aromatic rings. The molecule has 0 aromatic heterocycles. The molecule has 0 unspecified atom stereocenters. The first-order chi connectivity index (χ1) is 7.25. The van der Waals surface area contributed by atoms with Crippen molar-refractivity contribution in [2.75, 3.05) is 0 Å². The van der Waals surface area contributed by atoms with Crippen LogP contribution in [0.25, 0.3) is 0 Å². The van der Waals surface area contributed by atoms with Crippen LogP contribution in [0, 0.1) is 18.3 Å². The fraction of sp³-hybridized carbons (Fsp3) is 0.533. The van der Waals surface area contributed by atoms with E-state index in [0.29, 0.717) is 0 Å². The van der Waals surface area contributed by atoms with Gasteiger partial charge in [-0.3, -0.25) is 0 Å². The van der Waals surface area contributed by atoms with Crippen molar-refractivity contribution in [3.63, 3.8) is 0 Å². The average molecular weight is 201 g/mol. The average Bonchev–Trinajstić information content (AvgIpc) is 2.44. The molecular formula is C15H21. The van der Waals surface area contributed by atoms with E-state index in [0.717, 1.165) is 11.8 Å². The zero-order valence-corrected chi connectivity index (χ0v) is 9.87. The minimum atomic E-state index is 0.813. The molecule has 0 spiro atoms. The van der Waals surface area contributed by atoms with Gasteiger partial charge < -0.3 is 0 Å². The van der Waals surface area contributed by atoms with Crippen molar-refractivity contribution >= 4 is 0 Å². The van der Waals surface area contributed by atoms with E-state index in [1.807, 2.05) is 0 Å². The lowest BCUT2D eigenvalue weighted by atomic mass is 9.79. The third-order valence-corrected chi connectivity index (χ3v) is 3.67. The molecular weight excluding hydrogens is 180 g/mol. The van der Waals surface area contributed by atoms with Crippen LogP contribution in [-0.4, -0.2) is 0 Å². The third kappa shape index (κ3) is 2.84. The Bertz CT molecular complexity index is 296. The molecule has 1 radical (unpaired) electrons. The molecule has 1 saturated carbocycles. The van der Waals surface area contributed by atoms with Crippen LogP contribution in [0.3, 0.4) is 0 Å². The van der Waals surface area contributed by atoms with Gasteiger partial charge in [-0.2, -0.15) is 0 Å². The van der Waals surface area contributed by atoms with Gasteiger partial charge in [-0.15, -0.1) is 0 Å². The second-order valence-electron chi connectivity index (χ2n) is 5.06. The smallest absolute Gasteiger partial charge is 0.00835 e. The van der Waals surface area contributed by atoms with E-state index in [4.69, 9.17) is 0 Å². The SMILES string of the molecule is CC1=CC=CC(C2CCC(C)CC2)=C[CH]1. The van der Waals surface area contributed by atoms with Crippen molar-refractivity contribution in [3.8, 4) is 0 Å². The monoisotopic (exact) mass is 201 g/mol. The number of allylic oxidation sites excluding steroid dienone is 6. The summed E-state index contributed by atoms with van der Waals surface area (Å²) in [5.41, 5.74) is 2.89. The van der Waals surface area contributed by atoms with Crippen molar-refractivity contribution < 1.29 is 0 Å². The third-order valence-electron chi connectivity index (χ3n) is 3.67. The van der Waals surface area contributed by atoms with Crippen molar-refractivity contribution in [3.05, 3.63) is 41.9 Å². The molecule has 0 amide bonds. The normalized spacial score (nSPS) is 31.9. The van der Waals surface area contributed by atoms with Gasteiger partial charge in [0.15, 0.2) is 0 Å². The standard InChI is InChI=1S/C15H21/c1-12-4-3-5-14(9-6-12)15-10-7-13(2)8-11-15/h3-6,9,13,15H,7-8,10-11H2,1-2H3. The quantitative estimate of drug-likeness (QED) is 0.587. The molecule has 2 aliphatic rings. The predicted octanol–water partition coefficient (Wildman–Crippen LogP) is 4.46. The number of hydrogen-bond donors (Lipinski definition) is 0. The van der Waals surface area contributed by atoms with Gasteiger partial charge in [-0.1, -0.05) is 49.6 Å². The zero-order chi connectivity index (χ0) is 10.7. The highest BCUT2D eigenvalue weighted by Gasteiger charge is 2.20. The van der Waals surface area contributed by atoms with Crippen LogP contribution in [0.15, 0.2) is 35.5 Å². The molecule has 2 rings (SSSR count). The summed E-state index contributed by atoms with van der Waals surface area (Å²) in [7, 11) is 0. The Balaban J connectivity index is 2.00. The van der Waals surface area contributed by atoms with Crippen molar-refractivity contribution in [2.45, 2.75) is 39.5 Å². The lowest BCUT2D eigenvalue weighted by Crippen LogP contribution is -2.13. The number of hydrogen-bond acceptors (Lipinski definition) is 0. The van der Waals surface area contributed by atoms with Gasteiger partial charge in [0.2, 0.25) is 0 Å². The Morgan fingerprint density at radius 2 is 1.80 bits per heavy atom. The van der Waals surface area contributed by atoms with E-state index >= 15 is 0 Å². The molecule has 0 saturated heterocycles. The van der Waals surface area contributed by atoms with Gasteiger partial charge in [0.05, 0.1) is 0 Å². The summed E-state index contributed by atoms with van der Waals surface area (Å²) in [6.45, 7) is 4.54. The highest BCUT2D eigenvalue weighted by molar-refractivity contribution is 5.37. The Hall–Kier alpha value is -0.780. The molecule has 0 N–H and O–H groups in total. The minimum absolute atomic E-state index is 0.813. The van der Waals surface area contributed by atoms with Crippen LogP contribution in [0.5, 0.6) is 0 Å². The zero-order valence-electron chi connectivity index (χ0n) is 9.87. The fourth-order valence-corrected chi connectivity index (χ4v) is 2.52. The summed E-state index contributed by atoms with van der Waals surface area (Å²) in [5.74, 6) is 1.76. The van der Waals surface area contributed by atoms with E-state index in [9.17, 15) is 0 Å². The van der Waals surface area contributed by atoms with E-state index in [1.165, 1.54) is 36.8 Å². The van der Waals surface area contributed by atoms with Gasteiger partial charge in [0, 0.05) is 6.42 Å². The Kier molecular flexibility index (Phi) is 3.45. The summed E-state index contributed by atoms with van der Waals surface area (Å²) in [6, 6.07) is 0. The molecule has 0 bridgehead atoms. The Morgan fingerprint density at radius 1 is 1.07 bits per heavy atom. The first-order valence-corrected chi connectivity index (χ1v) is 6.15. The molecule has 1 fully saturated rings. The van der Waals surface area contributed by atoms with Crippen LogP contribution in [0.1, 0.15) is 39.5 Å². The molecule has 15 heavy (non-hydrogen) atoms. The topological polar surface area (TPSA) is 0 Å². The first kappa shape index (κ1) is 10.7. The van der Waals surface area contributed by atoms with Gasteiger partial charge >= 0.3 is 0 Å². The maximum atomic E-state index is 2.38. The molecule has 0 atom stereocenters. The van der Waals surface area contributed by atoms with E-state index in [-0.39, 0.29) is 0 Å². The van der Waals surface area contributed by atoms with Crippen molar-refractivity contribution in [1.82, 2.24) is 0 Å². The minimum Gasteiger partial charge on any atom is -0.0729 e. The summed E-state index contributed by atoms with van der Waals surface area (Å²) >= 11 is 0. The first-order valence-electron chi connectivity index (χ1n) is 6.15. The number of rotatable bonds is 1. The van der Waals surface area contributed by atoms with Crippen LogP contribution in [0.4, 0.5) is 0 Å². The molecule has 0 heterocycles. The van der Waals surface area contributed by atoms with Gasteiger partial charge in [0.25, 0.3) is 0 Å². The highest BCUT2D eigenvalue weighted by atomic mass is 14.3. The van der Waals surface area contributed by atoms with Crippen LogP contribution >= 0.6 is 0 Å². The second kappa shape index (κ2) is 4.83. The Morgan fingerprint density at radius 3 is 2.53 bits per heavy atom. The van der Waals surface area contributed by atoms with E-state index in [1.54, 1.807) is 0 Å². The summed E-state index contributed by atoms with van der Waals surface area (Å²) < 4.78 is 0. The summed E-state index contributed by atoms with van der Waals surface area (Å²) in [5, 5.41) is 0. The lowest BCUT2D eigenvalue weighted by Gasteiger charge is -2.27. The van der Waals surface area contributed by atoms with Crippen molar-refractivity contribution in [1.29, 1.82) is 0 Å². The van der Waals surface area contributed by atoms with E-state index in [2.05, 4.69) is 44.6 Å². The summed E-state index contributed by atoms with van der Waals surface area (Å²) in [6.07, 6.45) is 16.8. The second-order valence-corrected chi connectivity index (χ2v) is 5.06. The molecule has 0 nitrogen and oxygen atoms in total. The molecule has 0 heteroatoms. The van der Waals surface area contributed by atoms with Crippen LogP contribution in [0.2, 0.25) is 0 Å². The maximum absolute atomic E-state index is 2.38. The van der Waals surface area contributed by atoms with Gasteiger partial charge in [0.1, 0.15) is 0 Å². The van der Waals surface area contributed by atoms with Crippen LogP contribution < -0.4 is 0 Å². The molecule has 81 valence electrons. The van der Waals surface area contributed by atoms with E-state index < -0.39 is 0 Å². The summed E-state index contributed by atoms with van der Waals surface area (Å²) in [4.78, 5) is 0. The van der Waals surface area contributed by atoms with Gasteiger partial charge in [-0.05, 0) is 37.2 Å². The van der Waals surface area contributed by atoms with Crippen molar-refractivity contribution in [2.24, 2.45) is 11.8 Å². The highest BCUT2D eigenvalue weighted by Crippen LogP contribution is 2.34. The molecule has 0 aliphatic heterocycles. The Labute approximate surface area is 93.8 Å². The maximum Gasteiger partial charge on any atom is 0.00835 e. The molecule has 2 aliphatic carbocycles.